The van der Waals surface area contributed by atoms with E-state index in [1.807, 2.05) is 42.1 Å². The molecule has 0 aliphatic rings. The highest BCUT2D eigenvalue weighted by molar-refractivity contribution is 7.98. The quantitative estimate of drug-likeness (QED) is 0.658. The molecule has 0 aliphatic carbocycles. The Bertz CT molecular complexity index is 812. The van der Waals surface area contributed by atoms with Crippen LogP contribution in [-0.4, -0.2) is 28.0 Å². The van der Waals surface area contributed by atoms with E-state index in [9.17, 15) is 4.79 Å². The van der Waals surface area contributed by atoms with Crippen molar-refractivity contribution < 1.29 is 4.79 Å². The number of benzene rings is 2. The van der Waals surface area contributed by atoms with Crippen molar-refractivity contribution in [2.75, 3.05) is 12.3 Å². The molecule has 0 bridgehead atoms. The number of hydrogen-bond acceptors (Lipinski definition) is 3. The van der Waals surface area contributed by atoms with Gasteiger partial charge in [0, 0.05) is 24.2 Å². The molecule has 128 valence electrons. The second-order valence-electron chi connectivity index (χ2n) is 5.80. The first kappa shape index (κ1) is 17.3. The van der Waals surface area contributed by atoms with Crippen molar-refractivity contribution in [1.29, 1.82) is 0 Å². The maximum atomic E-state index is 12.2. The number of hydrogen-bond donors (Lipinski definition) is 1. The molecule has 0 radical (unpaired) electrons. The van der Waals surface area contributed by atoms with Gasteiger partial charge in [0.2, 0.25) is 0 Å². The molecule has 0 saturated heterocycles. The van der Waals surface area contributed by atoms with E-state index in [0.29, 0.717) is 12.1 Å². The van der Waals surface area contributed by atoms with E-state index in [1.165, 1.54) is 11.1 Å². The van der Waals surface area contributed by atoms with Crippen LogP contribution in [0.15, 0.2) is 67.0 Å². The normalized spacial score (nSPS) is 10.6. The molecule has 5 heteroatoms. The van der Waals surface area contributed by atoms with Crippen molar-refractivity contribution in [2.45, 2.75) is 12.7 Å². The van der Waals surface area contributed by atoms with Crippen molar-refractivity contribution in [3.63, 3.8) is 0 Å². The van der Waals surface area contributed by atoms with E-state index in [2.05, 4.69) is 41.6 Å². The van der Waals surface area contributed by atoms with Gasteiger partial charge in [-0.25, -0.2) is 4.68 Å². The predicted octanol–water partition coefficient (Wildman–Crippen LogP) is 3.84. The Kier molecular flexibility index (Phi) is 5.90. The van der Waals surface area contributed by atoms with Crippen LogP contribution in [-0.2, 0) is 5.75 Å². The number of aromatic nitrogens is 2. The van der Waals surface area contributed by atoms with E-state index < -0.39 is 0 Å². The lowest BCUT2D eigenvalue weighted by Gasteiger charge is -2.04. The second kappa shape index (κ2) is 8.53. The number of amides is 1. The molecule has 0 spiro atoms. The molecule has 1 heterocycles. The third-order valence-electron chi connectivity index (χ3n) is 3.79. The Morgan fingerprint density at radius 2 is 1.88 bits per heavy atom. The zero-order valence-corrected chi connectivity index (χ0v) is 15.0. The fourth-order valence-electron chi connectivity index (χ4n) is 2.38. The Morgan fingerprint density at radius 1 is 1.12 bits per heavy atom. The van der Waals surface area contributed by atoms with Gasteiger partial charge in [-0.05, 0) is 24.6 Å². The molecule has 1 aromatic heterocycles. The molecule has 3 rings (SSSR count). The zero-order chi connectivity index (χ0) is 17.5. The van der Waals surface area contributed by atoms with Crippen molar-refractivity contribution in [3.8, 4) is 5.69 Å². The standard InChI is InChI=1S/C20H21N3OS/c1-16-7-9-17(10-8-16)15-25-12-11-21-20(24)18-13-22-23(14-18)19-5-3-2-4-6-19/h2-10,13-14H,11-12,15H2,1H3,(H,21,24). The summed E-state index contributed by atoms with van der Waals surface area (Å²) in [4.78, 5) is 12.2. The van der Waals surface area contributed by atoms with Crippen LogP contribution in [0.25, 0.3) is 5.69 Å². The van der Waals surface area contributed by atoms with Crippen LogP contribution in [0, 0.1) is 6.92 Å². The maximum absolute atomic E-state index is 12.2. The summed E-state index contributed by atoms with van der Waals surface area (Å²) in [6.45, 7) is 2.73. The summed E-state index contributed by atoms with van der Waals surface area (Å²) >= 11 is 1.82. The summed E-state index contributed by atoms with van der Waals surface area (Å²) in [5.41, 5.74) is 4.10. The molecule has 4 nitrogen and oxygen atoms in total. The van der Waals surface area contributed by atoms with Crippen LogP contribution in [0.4, 0.5) is 0 Å². The summed E-state index contributed by atoms with van der Waals surface area (Å²) in [6, 6.07) is 18.3. The first-order chi connectivity index (χ1) is 12.2. The fourth-order valence-corrected chi connectivity index (χ4v) is 3.19. The summed E-state index contributed by atoms with van der Waals surface area (Å²) in [7, 11) is 0. The van der Waals surface area contributed by atoms with Crippen LogP contribution in [0.3, 0.4) is 0 Å². The fraction of sp³-hybridized carbons (Fsp3) is 0.200. The number of aryl methyl sites for hydroxylation is 1. The van der Waals surface area contributed by atoms with Gasteiger partial charge in [0.05, 0.1) is 17.4 Å². The lowest BCUT2D eigenvalue weighted by atomic mass is 10.2. The molecule has 3 aromatic rings. The molecule has 2 aromatic carbocycles. The Morgan fingerprint density at radius 3 is 2.64 bits per heavy atom. The van der Waals surface area contributed by atoms with Gasteiger partial charge in [0.15, 0.2) is 0 Å². The highest BCUT2D eigenvalue weighted by Gasteiger charge is 2.08. The summed E-state index contributed by atoms with van der Waals surface area (Å²) in [5, 5.41) is 7.20. The molecule has 0 atom stereocenters. The van der Waals surface area contributed by atoms with E-state index in [-0.39, 0.29) is 5.91 Å². The second-order valence-corrected chi connectivity index (χ2v) is 6.91. The number of rotatable bonds is 7. The number of carbonyl (C=O) groups is 1. The Balaban J connectivity index is 1.42. The van der Waals surface area contributed by atoms with Crippen LogP contribution in [0.5, 0.6) is 0 Å². The average molecular weight is 351 g/mol. The Labute approximate surface area is 152 Å². The van der Waals surface area contributed by atoms with Gasteiger partial charge in [-0.1, -0.05) is 48.0 Å². The monoisotopic (exact) mass is 351 g/mol. The molecule has 0 aliphatic heterocycles. The van der Waals surface area contributed by atoms with Crippen LogP contribution in [0.2, 0.25) is 0 Å². The SMILES string of the molecule is Cc1ccc(CSCCNC(=O)c2cnn(-c3ccccc3)c2)cc1. The molecule has 0 fully saturated rings. The number of nitrogens with one attached hydrogen (secondary N) is 1. The van der Waals surface area contributed by atoms with Gasteiger partial charge < -0.3 is 5.32 Å². The highest BCUT2D eigenvalue weighted by Crippen LogP contribution is 2.12. The van der Waals surface area contributed by atoms with Crippen LogP contribution in [0.1, 0.15) is 21.5 Å². The minimum Gasteiger partial charge on any atom is -0.351 e. The topological polar surface area (TPSA) is 46.9 Å². The molecular weight excluding hydrogens is 330 g/mol. The van der Waals surface area contributed by atoms with Crippen LogP contribution >= 0.6 is 11.8 Å². The molecule has 0 saturated carbocycles. The summed E-state index contributed by atoms with van der Waals surface area (Å²) in [5.74, 6) is 1.76. The largest absolute Gasteiger partial charge is 0.351 e. The molecular formula is C20H21N3OS. The lowest BCUT2D eigenvalue weighted by Crippen LogP contribution is -2.25. The van der Waals surface area contributed by atoms with Crippen molar-refractivity contribution in [2.24, 2.45) is 0 Å². The van der Waals surface area contributed by atoms with Crippen molar-refractivity contribution >= 4 is 17.7 Å². The zero-order valence-electron chi connectivity index (χ0n) is 14.2. The van der Waals surface area contributed by atoms with Gasteiger partial charge in [-0.2, -0.15) is 16.9 Å². The Hall–Kier alpha value is -2.53. The molecule has 1 amide bonds. The van der Waals surface area contributed by atoms with E-state index in [1.54, 1.807) is 17.1 Å². The van der Waals surface area contributed by atoms with Gasteiger partial charge in [-0.3, -0.25) is 4.79 Å². The number of thioether (sulfide) groups is 1. The molecule has 0 unspecified atom stereocenters. The summed E-state index contributed by atoms with van der Waals surface area (Å²) in [6.07, 6.45) is 3.35. The predicted molar refractivity (Wildman–Crippen MR) is 103 cm³/mol. The van der Waals surface area contributed by atoms with Gasteiger partial charge >= 0.3 is 0 Å². The van der Waals surface area contributed by atoms with E-state index >= 15 is 0 Å². The average Bonchev–Trinajstić information content (AvgIpc) is 3.14. The number of nitrogens with zero attached hydrogens (tertiary/aromatic N) is 2. The third-order valence-corrected chi connectivity index (χ3v) is 4.82. The van der Waals surface area contributed by atoms with Crippen molar-refractivity contribution in [3.05, 3.63) is 83.7 Å². The van der Waals surface area contributed by atoms with E-state index in [0.717, 1.165) is 17.2 Å². The molecule has 1 N–H and O–H groups in total. The smallest absolute Gasteiger partial charge is 0.254 e. The maximum Gasteiger partial charge on any atom is 0.254 e. The molecule has 25 heavy (non-hydrogen) atoms. The van der Waals surface area contributed by atoms with Gasteiger partial charge in [0.25, 0.3) is 5.91 Å². The summed E-state index contributed by atoms with van der Waals surface area (Å²) < 4.78 is 1.71. The number of carbonyl (C=O) groups excluding carboxylic acids is 1. The first-order valence-electron chi connectivity index (χ1n) is 8.24. The van der Waals surface area contributed by atoms with Crippen molar-refractivity contribution in [1.82, 2.24) is 15.1 Å². The van der Waals surface area contributed by atoms with Gasteiger partial charge in [0.1, 0.15) is 0 Å². The first-order valence-corrected chi connectivity index (χ1v) is 9.39. The van der Waals surface area contributed by atoms with Crippen LogP contribution < -0.4 is 5.32 Å². The van der Waals surface area contributed by atoms with E-state index in [4.69, 9.17) is 0 Å². The number of para-hydroxylation sites is 1. The minimum absolute atomic E-state index is 0.0851. The lowest BCUT2D eigenvalue weighted by molar-refractivity contribution is 0.0956. The van der Waals surface area contributed by atoms with Gasteiger partial charge in [-0.15, -0.1) is 0 Å². The third kappa shape index (κ3) is 4.97. The minimum atomic E-state index is -0.0851. The highest BCUT2D eigenvalue weighted by atomic mass is 32.2.